The minimum atomic E-state index is -1.23. The highest BCUT2D eigenvalue weighted by Crippen LogP contribution is 1.97. The van der Waals surface area contributed by atoms with Gasteiger partial charge in [-0.3, -0.25) is 0 Å². The number of hydrogen-bond acceptors (Lipinski definition) is 3. The lowest BCUT2D eigenvalue weighted by molar-refractivity contribution is -0.159. The Morgan fingerprint density at radius 3 is 2.70 bits per heavy atom. The molecule has 0 fully saturated rings. The Balaban J connectivity index is 3.68. The number of aliphatic hydroxyl groups excluding tert-OH is 1. The third-order valence-corrected chi connectivity index (χ3v) is 0.988. The Kier molecular flexibility index (Phi) is 4.07. The molecule has 0 heterocycles. The van der Waals surface area contributed by atoms with Crippen molar-refractivity contribution >= 4 is 17.6 Å². The van der Waals surface area contributed by atoms with Crippen LogP contribution in [-0.2, 0) is 9.53 Å². The van der Waals surface area contributed by atoms with Crippen molar-refractivity contribution in [2.45, 2.75) is 13.2 Å². The first-order valence-electron chi connectivity index (χ1n) is 2.68. The van der Waals surface area contributed by atoms with Gasteiger partial charge >= 0.3 is 5.97 Å². The number of carbonyl (C=O) groups excluding carboxylic acids is 1. The highest BCUT2D eigenvalue weighted by molar-refractivity contribution is 6.18. The molecule has 10 heavy (non-hydrogen) atoms. The summed E-state index contributed by atoms with van der Waals surface area (Å²) in [6, 6.07) is 0. The first-order chi connectivity index (χ1) is 4.57. The van der Waals surface area contributed by atoms with Crippen LogP contribution in [0.4, 0.5) is 0 Å². The van der Waals surface area contributed by atoms with Gasteiger partial charge in [0.1, 0.15) is 0 Å². The van der Waals surface area contributed by atoms with E-state index in [0.717, 1.165) is 0 Å². The second kappa shape index (κ2) is 4.30. The van der Waals surface area contributed by atoms with E-state index in [4.69, 9.17) is 16.7 Å². The summed E-state index contributed by atoms with van der Waals surface area (Å²) in [6.07, 6.45) is -1.23. The second-order valence-corrected chi connectivity index (χ2v) is 2.10. The molecule has 1 N–H and O–H groups in total. The highest BCUT2D eigenvalue weighted by Gasteiger charge is 2.08. The molecule has 0 rings (SSSR count). The summed E-state index contributed by atoms with van der Waals surface area (Å²) in [4.78, 5) is 10.6. The smallest absolute Gasteiger partial charge is 0.335 e. The predicted octanol–water partition coefficient (Wildman–Crippen LogP) is 0.663. The Morgan fingerprint density at radius 2 is 2.40 bits per heavy atom. The van der Waals surface area contributed by atoms with Crippen molar-refractivity contribution in [1.29, 1.82) is 0 Å². The molecular weight excluding hydrogens is 156 g/mol. The fourth-order valence-corrected chi connectivity index (χ4v) is 0.319. The Morgan fingerprint density at radius 1 is 1.90 bits per heavy atom. The summed E-state index contributed by atoms with van der Waals surface area (Å²) in [7, 11) is 0. The third-order valence-electron chi connectivity index (χ3n) is 0.724. The van der Waals surface area contributed by atoms with E-state index in [1.165, 1.54) is 6.92 Å². The van der Waals surface area contributed by atoms with Crippen LogP contribution in [0, 0.1) is 0 Å². The number of aliphatic hydroxyl groups is 1. The largest absolute Gasteiger partial charge is 0.431 e. The quantitative estimate of drug-likeness (QED) is 0.289. The van der Waals surface area contributed by atoms with Gasteiger partial charge in [-0.1, -0.05) is 6.58 Å². The van der Waals surface area contributed by atoms with Crippen LogP contribution < -0.4 is 0 Å². The zero-order valence-corrected chi connectivity index (χ0v) is 6.39. The number of hydrogen-bond donors (Lipinski definition) is 1. The molecule has 0 bridgehead atoms. The van der Waals surface area contributed by atoms with E-state index in [1.807, 2.05) is 0 Å². The minimum Gasteiger partial charge on any atom is -0.431 e. The molecule has 58 valence electrons. The van der Waals surface area contributed by atoms with Crippen molar-refractivity contribution in [3.8, 4) is 0 Å². The first-order valence-corrected chi connectivity index (χ1v) is 3.22. The number of esters is 1. The molecule has 0 aromatic carbocycles. The lowest BCUT2D eigenvalue weighted by atomic mass is 10.4. The Labute approximate surface area is 64.2 Å². The van der Waals surface area contributed by atoms with Gasteiger partial charge in [0.15, 0.2) is 0 Å². The zero-order valence-electron chi connectivity index (χ0n) is 5.63. The van der Waals surface area contributed by atoms with Crippen molar-refractivity contribution in [3.05, 3.63) is 12.2 Å². The molecule has 1 atom stereocenters. The molecule has 3 nitrogen and oxygen atoms in total. The fourth-order valence-electron chi connectivity index (χ4n) is 0.256. The average Bonchev–Trinajstić information content (AvgIpc) is 1.87. The van der Waals surface area contributed by atoms with E-state index >= 15 is 0 Å². The lowest BCUT2D eigenvalue weighted by Crippen LogP contribution is -2.19. The molecule has 0 amide bonds. The van der Waals surface area contributed by atoms with Crippen molar-refractivity contribution in [2.75, 3.05) is 5.88 Å². The van der Waals surface area contributed by atoms with E-state index in [2.05, 4.69) is 11.3 Å². The van der Waals surface area contributed by atoms with Crippen LogP contribution in [0.2, 0.25) is 0 Å². The van der Waals surface area contributed by atoms with Gasteiger partial charge in [-0.25, -0.2) is 4.79 Å². The molecule has 0 aliphatic carbocycles. The normalized spacial score (nSPS) is 12.3. The maximum absolute atomic E-state index is 10.6. The topological polar surface area (TPSA) is 46.5 Å². The van der Waals surface area contributed by atoms with Crippen LogP contribution in [0.5, 0.6) is 0 Å². The van der Waals surface area contributed by atoms with Crippen LogP contribution in [0.1, 0.15) is 6.92 Å². The van der Waals surface area contributed by atoms with Crippen molar-refractivity contribution in [1.82, 2.24) is 0 Å². The van der Waals surface area contributed by atoms with Gasteiger partial charge in [0.05, 0.1) is 5.88 Å². The van der Waals surface area contributed by atoms with E-state index < -0.39 is 12.3 Å². The zero-order chi connectivity index (χ0) is 8.15. The van der Waals surface area contributed by atoms with E-state index in [9.17, 15) is 4.79 Å². The molecule has 0 spiro atoms. The summed E-state index contributed by atoms with van der Waals surface area (Å²) in [6.45, 7) is 4.80. The highest BCUT2D eigenvalue weighted by atomic mass is 35.5. The summed E-state index contributed by atoms with van der Waals surface area (Å²) in [5.41, 5.74) is 0.240. The summed E-state index contributed by atoms with van der Waals surface area (Å²) < 4.78 is 4.35. The summed E-state index contributed by atoms with van der Waals surface area (Å²) >= 11 is 5.14. The number of rotatable bonds is 3. The van der Waals surface area contributed by atoms with Gasteiger partial charge in [-0.05, 0) is 6.92 Å². The van der Waals surface area contributed by atoms with Crippen molar-refractivity contribution in [3.63, 3.8) is 0 Å². The van der Waals surface area contributed by atoms with Crippen LogP contribution in [-0.4, -0.2) is 23.2 Å². The molecule has 0 aliphatic heterocycles. The maximum atomic E-state index is 10.6. The van der Waals surface area contributed by atoms with Gasteiger partial charge in [0.25, 0.3) is 0 Å². The van der Waals surface area contributed by atoms with Crippen molar-refractivity contribution in [2.24, 2.45) is 0 Å². The van der Waals surface area contributed by atoms with E-state index in [1.54, 1.807) is 0 Å². The SMILES string of the molecule is C=C(C)C(=O)OC(O)CCl. The standard InChI is InChI=1S/C6H9ClO3/c1-4(2)6(9)10-5(8)3-7/h5,8H,1,3H2,2H3. The molecule has 0 radical (unpaired) electrons. The summed E-state index contributed by atoms with van der Waals surface area (Å²) in [5, 5.41) is 8.66. The molecular formula is C6H9ClO3. The number of alkyl halides is 1. The number of carbonyl (C=O) groups is 1. The monoisotopic (exact) mass is 164 g/mol. The molecule has 0 saturated carbocycles. The Hall–Kier alpha value is -0.540. The van der Waals surface area contributed by atoms with Crippen LogP contribution in [0.25, 0.3) is 0 Å². The van der Waals surface area contributed by atoms with Gasteiger partial charge < -0.3 is 9.84 Å². The Bertz CT molecular complexity index is 144. The van der Waals surface area contributed by atoms with Gasteiger partial charge in [-0.15, -0.1) is 11.6 Å². The van der Waals surface area contributed by atoms with Gasteiger partial charge in [0, 0.05) is 5.57 Å². The van der Waals surface area contributed by atoms with Crippen molar-refractivity contribution < 1.29 is 14.6 Å². The minimum absolute atomic E-state index is 0.126. The molecule has 0 aromatic heterocycles. The predicted molar refractivity (Wildman–Crippen MR) is 37.6 cm³/mol. The molecule has 4 heteroatoms. The molecule has 1 unspecified atom stereocenters. The number of ether oxygens (including phenoxy) is 1. The third kappa shape index (κ3) is 3.48. The average molecular weight is 165 g/mol. The molecule has 0 aromatic rings. The first kappa shape index (κ1) is 9.46. The van der Waals surface area contributed by atoms with Crippen LogP contribution in [0.15, 0.2) is 12.2 Å². The van der Waals surface area contributed by atoms with E-state index in [-0.39, 0.29) is 11.5 Å². The second-order valence-electron chi connectivity index (χ2n) is 1.79. The van der Waals surface area contributed by atoms with Crippen LogP contribution in [0.3, 0.4) is 0 Å². The van der Waals surface area contributed by atoms with Gasteiger partial charge in [0.2, 0.25) is 6.29 Å². The molecule has 0 saturated heterocycles. The fraction of sp³-hybridized carbons (Fsp3) is 0.500. The maximum Gasteiger partial charge on any atom is 0.335 e. The summed E-state index contributed by atoms with van der Waals surface area (Å²) in [5.74, 6) is -0.757. The van der Waals surface area contributed by atoms with E-state index in [0.29, 0.717) is 0 Å². The lowest BCUT2D eigenvalue weighted by Gasteiger charge is -2.07. The van der Waals surface area contributed by atoms with Gasteiger partial charge in [-0.2, -0.15) is 0 Å². The molecule has 0 aliphatic rings. The number of halogens is 1. The van der Waals surface area contributed by atoms with Crippen LogP contribution >= 0.6 is 11.6 Å².